The van der Waals surface area contributed by atoms with Crippen LogP contribution in [0.1, 0.15) is 48.5 Å². The van der Waals surface area contributed by atoms with Gasteiger partial charge in [-0.05, 0) is 48.1 Å². The Bertz CT molecular complexity index is 272. The largest absolute Gasteiger partial charge is 0.378 e. The van der Waals surface area contributed by atoms with Crippen LogP contribution in [0.25, 0.3) is 0 Å². The summed E-state index contributed by atoms with van der Waals surface area (Å²) in [4.78, 5) is 2.35. The molecule has 0 spiro atoms. The molecule has 0 amide bonds. The van der Waals surface area contributed by atoms with Crippen molar-refractivity contribution in [1.82, 2.24) is 10.2 Å². The lowest BCUT2D eigenvalue weighted by atomic mass is 10.1. The van der Waals surface area contributed by atoms with Crippen molar-refractivity contribution in [2.45, 2.75) is 59.6 Å². The molecule has 0 aliphatic heterocycles. The van der Waals surface area contributed by atoms with Gasteiger partial charge in [0.05, 0.1) is 38.6 Å². The van der Waals surface area contributed by atoms with Gasteiger partial charge in [-0.3, -0.25) is 4.90 Å². The Labute approximate surface area is 144 Å². The van der Waals surface area contributed by atoms with Gasteiger partial charge >= 0.3 is 0 Å². The summed E-state index contributed by atoms with van der Waals surface area (Å²) in [6.07, 6.45) is 0. The predicted octanol–water partition coefficient (Wildman–Crippen LogP) is 2.54. The second-order valence-corrected chi connectivity index (χ2v) is 7.80. The molecule has 5 heteroatoms. The summed E-state index contributed by atoms with van der Waals surface area (Å²) in [6, 6.07) is 0. The van der Waals surface area contributed by atoms with Crippen LogP contribution in [0.5, 0.6) is 0 Å². The lowest BCUT2D eigenvalue weighted by molar-refractivity contribution is -0.0166. The van der Waals surface area contributed by atoms with E-state index in [2.05, 4.69) is 58.7 Å². The van der Waals surface area contributed by atoms with E-state index in [-0.39, 0.29) is 11.1 Å². The molecule has 0 aliphatic carbocycles. The Balaban J connectivity index is 3.44. The van der Waals surface area contributed by atoms with Crippen LogP contribution < -0.4 is 5.32 Å². The van der Waals surface area contributed by atoms with Gasteiger partial charge in [0.25, 0.3) is 0 Å². The number of ether oxygens (including phenoxy) is 3. The molecule has 0 bridgehead atoms. The minimum atomic E-state index is -0.0604. The van der Waals surface area contributed by atoms with Crippen LogP contribution in [-0.4, -0.2) is 75.3 Å². The Hall–Kier alpha value is -0.200. The molecule has 0 aromatic rings. The maximum Gasteiger partial charge on any atom is 0.0701 e. The Morgan fingerprint density at radius 2 is 1.35 bits per heavy atom. The second-order valence-electron chi connectivity index (χ2n) is 7.80. The molecule has 0 heterocycles. The van der Waals surface area contributed by atoms with Gasteiger partial charge in [-0.2, -0.15) is 0 Å². The molecule has 0 saturated heterocycles. The molecule has 0 aromatic heterocycles. The molecule has 1 N–H and O–H groups in total. The van der Waals surface area contributed by atoms with Crippen LogP contribution in [-0.2, 0) is 14.2 Å². The zero-order chi connectivity index (χ0) is 17.8. The molecule has 5 nitrogen and oxygen atoms in total. The standard InChI is InChI=1S/C18H40N2O3/c1-8-20(11-14-23-18(5,6)7)10-13-22-16-15-21-12-9-19-17(2,3)4/h19H,8-16H2,1-7H3. The highest BCUT2D eigenvalue weighted by Gasteiger charge is 2.11. The molecule has 0 fully saturated rings. The van der Waals surface area contributed by atoms with E-state index in [1.807, 2.05) is 0 Å². The van der Waals surface area contributed by atoms with Gasteiger partial charge < -0.3 is 19.5 Å². The maximum atomic E-state index is 5.76. The van der Waals surface area contributed by atoms with Crippen LogP contribution in [0.2, 0.25) is 0 Å². The fourth-order valence-electron chi connectivity index (χ4n) is 1.92. The maximum absolute atomic E-state index is 5.76. The van der Waals surface area contributed by atoms with E-state index in [9.17, 15) is 0 Å². The van der Waals surface area contributed by atoms with E-state index in [0.717, 1.165) is 46.0 Å². The van der Waals surface area contributed by atoms with Gasteiger partial charge in [0.1, 0.15) is 0 Å². The van der Waals surface area contributed by atoms with E-state index >= 15 is 0 Å². The smallest absolute Gasteiger partial charge is 0.0701 e. The molecule has 0 unspecified atom stereocenters. The number of nitrogens with zero attached hydrogens (tertiary/aromatic N) is 1. The van der Waals surface area contributed by atoms with Gasteiger partial charge in [0, 0.05) is 25.2 Å². The summed E-state index contributed by atoms with van der Waals surface area (Å²) in [5, 5.41) is 3.39. The predicted molar refractivity (Wildman–Crippen MR) is 97.2 cm³/mol. The van der Waals surface area contributed by atoms with Crippen LogP contribution in [0.4, 0.5) is 0 Å². The lowest BCUT2D eigenvalue weighted by Crippen LogP contribution is -2.38. The van der Waals surface area contributed by atoms with Crippen molar-refractivity contribution in [3.63, 3.8) is 0 Å². The molecule has 0 aromatic carbocycles. The minimum Gasteiger partial charge on any atom is -0.378 e. The van der Waals surface area contributed by atoms with Crippen molar-refractivity contribution < 1.29 is 14.2 Å². The third-order valence-electron chi connectivity index (χ3n) is 3.22. The van der Waals surface area contributed by atoms with Crippen molar-refractivity contribution in [2.24, 2.45) is 0 Å². The first-order chi connectivity index (χ1) is 10.6. The van der Waals surface area contributed by atoms with Crippen molar-refractivity contribution in [3.05, 3.63) is 0 Å². The average molecular weight is 333 g/mol. The van der Waals surface area contributed by atoms with Crippen molar-refractivity contribution in [2.75, 3.05) is 59.2 Å². The normalized spacial score (nSPS) is 13.0. The molecule has 140 valence electrons. The lowest BCUT2D eigenvalue weighted by Gasteiger charge is -2.24. The molecule has 0 aliphatic rings. The van der Waals surface area contributed by atoms with Crippen LogP contribution in [0, 0.1) is 0 Å². The molecule has 0 saturated carbocycles. The number of rotatable bonds is 13. The van der Waals surface area contributed by atoms with Crippen molar-refractivity contribution >= 4 is 0 Å². The van der Waals surface area contributed by atoms with Crippen molar-refractivity contribution in [3.8, 4) is 0 Å². The van der Waals surface area contributed by atoms with E-state index in [1.165, 1.54) is 0 Å². The Morgan fingerprint density at radius 1 is 0.783 bits per heavy atom. The molecular weight excluding hydrogens is 292 g/mol. The SMILES string of the molecule is CCN(CCOCCOCCNC(C)(C)C)CCOC(C)(C)C. The van der Waals surface area contributed by atoms with Crippen LogP contribution in [0.15, 0.2) is 0 Å². The number of nitrogens with one attached hydrogen (secondary N) is 1. The highest BCUT2D eigenvalue weighted by atomic mass is 16.5. The summed E-state index contributed by atoms with van der Waals surface area (Å²) in [5.74, 6) is 0. The molecule has 0 radical (unpaired) electrons. The van der Waals surface area contributed by atoms with Gasteiger partial charge in [-0.15, -0.1) is 0 Å². The van der Waals surface area contributed by atoms with Gasteiger partial charge in [-0.25, -0.2) is 0 Å². The quantitative estimate of drug-likeness (QED) is 0.525. The number of hydrogen-bond donors (Lipinski definition) is 1. The van der Waals surface area contributed by atoms with Gasteiger partial charge in [-0.1, -0.05) is 6.92 Å². The first-order valence-electron chi connectivity index (χ1n) is 8.91. The Morgan fingerprint density at radius 3 is 1.87 bits per heavy atom. The van der Waals surface area contributed by atoms with E-state index < -0.39 is 0 Å². The zero-order valence-corrected chi connectivity index (χ0v) is 16.5. The summed E-state index contributed by atoms with van der Waals surface area (Å²) >= 11 is 0. The van der Waals surface area contributed by atoms with Gasteiger partial charge in [0.15, 0.2) is 0 Å². The number of likely N-dealkylation sites (N-methyl/N-ethyl adjacent to an activating group) is 1. The van der Waals surface area contributed by atoms with Crippen molar-refractivity contribution in [1.29, 1.82) is 0 Å². The minimum absolute atomic E-state index is 0.0604. The average Bonchev–Trinajstić information content (AvgIpc) is 2.41. The van der Waals surface area contributed by atoms with Crippen LogP contribution >= 0.6 is 0 Å². The summed E-state index contributed by atoms with van der Waals surface area (Å²) in [6.45, 7) is 22.2. The highest BCUT2D eigenvalue weighted by Crippen LogP contribution is 2.06. The summed E-state index contributed by atoms with van der Waals surface area (Å²) in [5.41, 5.74) is 0.0925. The van der Waals surface area contributed by atoms with Gasteiger partial charge in [0.2, 0.25) is 0 Å². The zero-order valence-electron chi connectivity index (χ0n) is 16.5. The van der Waals surface area contributed by atoms with E-state index in [1.54, 1.807) is 0 Å². The summed E-state index contributed by atoms with van der Waals surface area (Å²) in [7, 11) is 0. The third kappa shape index (κ3) is 18.0. The first-order valence-corrected chi connectivity index (χ1v) is 8.91. The molecule has 0 rings (SSSR count). The summed E-state index contributed by atoms with van der Waals surface area (Å²) < 4.78 is 16.9. The first kappa shape index (κ1) is 22.8. The van der Waals surface area contributed by atoms with E-state index in [4.69, 9.17) is 14.2 Å². The molecule has 0 atom stereocenters. The third-order valence-corrected chi connectivity index (χ3v) is 3.22. The molecule has 23 heavy (non-hydrogen) atoms. The fourth-order valence-corrected chi connectivity index (χ4v) is 1.92. The monoisotopic (exact) mass is 332 g/mol. The highest BCUT2D eigenvalue weighted by molar-refractivity contribution is 4.69. The molecular formula is C18H40N2O3. The number of hydrogen-bond acceptors (Lipinski definition) is 5. The second kappa shape index (κ2) is 12.2. The fraction of sp³-hybridized carbons (Fsp3) is 1.00. The van der Waals surface area contributed by atoms with E-state index in [0.29, 0.717) is 13.2 Å². The topological polar surface area (TPSA) is 43.0 Å². The van der Waals surface area contributed by atoms with Crippen LogP contribution in [0.3, 0.4) is 0 Å². The Kier molecular flexibility index (Phi) is 12.1.